The van der Waals surface area contributed by atoms with Crippen LogP contribution in [0, 0.1) is 5.92 Å². The Morgan fingerprint density at radius 3 is 2.56 bits per heavy atom. The number of rotatable bonds is 4. The Morgan fingerprint density at radius 1 is 1.31 bits per heavy atom. The maximum atomic E-state index is 12.1. The Balaban J connectivity index is 1.88. The maximum absolute atomic E-state index is 12.1. The van der Waals surface area contributed by atoms with E-state index in [9.17, 15) is 4.79 Å². The number of nitrogens with zero attached hydrogens (tertiary/aromatic N) is 1. The Hall–Kier alpha value is -0.570. The fourth-order valence-corrected chi connectivity index (χ4v) is 2.44. The first kappa shape index (κ1) is 11.9. The molecule has 92 valence electrons. The molecule has 0 aromatic heterocycles. The molecule has 2 fully saturated rings. The molecule has 1 aliphatic carbocycles. The highest BCUT2D eigenvalue weighted by Crippen LogP contribution is 2.31. The van der Waals surface area contributed by atoms with E-state index >= 15 is 0 Å². The molecule has 1 saturated carbocycles. The zero-order valence-electron chi connectivity index (χ0n) is 10.5. The van der Waals surface area contributed by atoms with Crippen molar-refractivity contribution in [2.75, 3.05) is 13.1 Å². The summed E-state index contributed by atoms with van der Waals surface area (Å²) in [5, 5.41) is 3.52. The van der Waals surface area contributed by atoms with E-state index in [1.807, 2.05) is 0 Å². The van der Waals surface area contributed by atoms with Crippen molar-refractivity contribution in [2.45, 2.75) is 58.0 Å². The third kappa shape index (κ3) is 2.97. The highest BCUT2D eigenvalue weighted by molar-refractivity contribution is 5.81. The van der Waals surface area contributed by atoms with Gasteiger partial charge in [0.1, 0.15) is 0 Å². The lowest BCUT2D eigenvalue weighted by Gasteiger charge is -2.33. The van der Waals surface area contributed by atoms with Crippen LogP contribution in [0.1, 0.15) is 46.0 Å². The number of hydrogen-bond donors (Lipinski definition) is 1. The number of amides is 1. The highest BCUT2D eigenvalue weighted by atomic mass is 16.2. The molecule has 2 rings (SSSR count). The molecule has 1 heterocycles. The van der Waals surface area contributed by atoms with Gasteiger partial charge in [-0.1, -0.05) is 6.42 Å². The van der Waals surface area contributed by atoms with Crippen molar-refractivity contribution >= 4 is 5.91 Å². The van der Waals surface area contributed by atoms with Gasteiger partial charge in [0.2, 0.25) is 5.91 Å². The van der Waals surface area contributed by atoms with Crippen LogP contribution in [0.3, 0.4) is 0 Å². The van der Waals surface area contributed by atoms with Crippen molar-refractivity contribution in [1.29, 1.82) is 0 Å². The standard InChI is InChI=1S/C13H24N2O/c1-10(2)15(13(16)11-6-7-11)9-12-5-3-4-8-14-12/h10-12,14H,3-9H2,1-2H3. The van der Waals surface area contributed by atoms with Gasteiger partial charge >= 0.3 is 0 Å². The minimum Gasteiger partial charge on any atom is -0.338 e. The normalized spacial score (nSPS) is 25.8. The molecular weight excluding hydrogens is 200 g/mol. The Morgan fingerprint density at radius 2 is 2.06 bits per heavy atom. The van der Waals surface area contributed by atoms with E-state index in [4.69, 9.17) is 0 Å². The second-order valence-electron chi connectivity index (χ2n) is 5.51. The second kappa shape index (κ2) is 5.17. The summed E-state index contributed by atoms with van der Waals surface area (Å²) in [5.41, 5.74) is 0. The summed E-state index contributed by atoms with van der Waals surface area (Å²) in [6, 6.07) is 0.871. The largest absolute Gasteiger partial charge is 0.338 e. The van der Waals surface area contributed by atoms with E-state index in [0.29, 0.717) is 23.9 Å². The van der Waals surface area contributed by atoms with Gasteiger partial charge in [-0.2, -0.15) is 0 Å². The van der Waals surface area contributed by atoms with E-state index in [1.165, 1.54) is 19.3 Å². The first-order valence-electron chi connectivity index (χ1n) is 6.72. The molecular formula is C13H24N2O. The van der Waals surface area contributed by atoms with E-state index in [2.05, 4.69) is 24.1 Å². The van der Waals surface area contributed by atoms with E-state index in [1.54, 1.807) is 0 Å². The van der Waals surface area contributed by atoms with Crippen LogP contribution < -0.4 is 5.32 Å². The first-order valence-corrected chi connectivity index (χ1v) is 6.72. The van der Waals surface area contributed by atoms with Crippen molar-refractivity contribution < 1.29 is 4.79 Å². The Kier molecular flexibility index (Phi) is 3.85. The summed E-state index contributed by atoms with van der Waals surface area (Å²) in [4.78, 5) is 14.2. The molecule has 1 atom stereocenters. The molecule has 3 nitrogen and oxygen atoms in total. The fraction of sp³-hybridized carbons (Fsp3) is 0.923. The molecule has 0 bridgehead atoms. The lowest BCUT2D eigenvalue weighted by Crippen LogP contribution is -2.48. The van der Waals surface area contributed by atoms with Crippen LogP contribution in [0.2, 0.25) is 0 Å². The maximum Gasteiger partial charge on any atom is 0.225 e. The zero-order valence-corrected chi connectivity index (χ0v) is 10.5. The zero-order chi connectivity index (χ0) is 11.5. The summed E-state index contributed by atoms with van der Waals surface area (Å²) in [5.74, 6) is 0.744. The van der Waals surface area contributed by atoms with Gasteiger partial charge < -0.3 is 10.2 Å². The Labute approximate surface area is 98.6 Å². The van der Waals surface area contributed by atoms with Crippen LogP contribution in [0.4, 0.5) is 0 Å². The van der Waals surface area contributed by atoms with Gasteiger partial charge in [-0.3, -0.25) is 4.79 Å². The number of piperidine rings is 1. The molecule has 1 N–H and O–H groups in total. The summed E-state index contributed by atoms with van der Waals surface area (Å²) < 4.78 is 0. The average Bonchev–Trinajstić information content (AvgIpc) is 3.10. The van der Waals surface area contributed by atoms with Gasteiger partial charge in [0.15, 0.2) is 0 Å². The van der Waals surface area contributed by atoms with Crippen LogP contribution in [-0.2, 0) is 4.79 Å². The minimum atomic E-state index is 0.344. The third-order valence-electron chi connectivity index (χ3n) is 3.66. The van der Waals surface area contributed by atoms with Crippen molar-refractivity contribution in [3.8, 4) is 0 Å². The molecule has 1 amide bonds. The third-order valence-corrected chi connectivity index (χ3v) is 3.66. The second-order valence-corrected chi connectivity index (χ2v) is 5.51. The Bertz CT molecular complexity index is 242. The molecule has 0 spiro atoms. The van der Waals surface area contributed by atoms with E-state index < -0.39 is 0 Å². The van der Waals surface area contributed by atoms with Crippen molar-refractivity contribution in [3.05, 3.63) is 0 Å². The molecule has 2 aliphatic rings. The van der Waals surface area contributed by atoms with Gasteiger partial charge in [0.05, 0.1) is 0 Å². The van der Waals surface area contributed by atoms with Crippen LogP contribution in [0.25, 0.3) is 0 Å². The van der Waals surface area contributed by atoms with Gasteiger partial charge in [-0.25, -0.2) is 0 Å². The molecule has 3 heteroatoms. The summed E-state index contributed by atoms with van der Waals surface area (Å²) >= 11 is 0. The SMILES string of the molecule is CC(C)N(CC1CCCCN1)C(=O)C1CC1. The first-order chi connectivity index (χ1) is 7.68. The van der Waals surface area contributed by atoms with Crippen molar-refractivity contribution in [3.63, 3.8) is 0 Å². The summed E-state index contributed by atoms with van der Waals surface area (Å²) in [7, 11) is 0. The van der Waals surface area contributed by atoms with Crippen molar-refractivity contribution in [1.82, 2.24) is 10.2 Å². The van der Waals surface area contributed by atoms with Crippen molar-refractivity contribution in [2.24, 2.45) is 5.92 Å². The van der Waals surface area contributed by atoms with Crippen LogP contribution >= 0.6 is 0 Å². The number of carbonyl (C=O) groups excluding carboxylic acids is 1. The average molecular weight is 224 g/mol. The molecule has 16 heavy (non-hydrogen) atoms. The summed E-state index contributed by atoms with van der Waals surface area (Å²) in [6.07, 6.45) is 6.04. The van der Waals surface area contributed by atoms with Crippen LogP contribution in [-0.4, -0.2) is 36.0 Å². The number of nitrogens with one attached hydrogen (secondary N) is 1. The molecule has 0 aromatic rings. The van der Waals surface area contributed by atoms with Gasteiger partial charge in [0, 0.05) is 24.5 Å². The quantitative estimate of drug-likeness (QED) is 0.789. The number of carbonyl (C=O) groups is 1. The lowest BCUT2D eigenvalue weighted by molar-refractivity contribution is -0.134. The smallest absolute Gasteiger partial charge is 0.225 e. The molecule has 1 unspecified atom stereocenters. The molecule has 1 saturated heterocycles. The predicted octanol–water partition coefficient (Wildman–Crippen LogP) is 1.78. The van der Waals surface area contributed by atoms with E-state index in [0.717, 1.165) is 25.9 Å². The minimum absolute atomic E-state index is 0.344. The molecule has 0 radical (unpaired) electrons. The lowest BCUT2D eigenvalue weighted by atomic mass is 10.0. The van der Waals surface area contributed by atoms with Crippen LogP contribution in [0.5, 0.6) is 0 Å². The predicted molar refractivity (Wildman–Crippen MR) is 65.2 cm³/mol. The van der Waals surface area contributed by atoms with Gasteiger partial charge in [0.25, 0.3) is 0 Å². The highest BCUT2D eigenvalue weighted by Gasteiger charge is 2.35. The topological polar surface area (TPSA) is 32.3 Å². The monoisotopic (exact) mass is 224 g/mol. The van der Waals surface area contributed by atoms with E-state index in [-0.39, 0.29) is 0 Å². The summed E-state index contributed by atoms with van der Waals surface area (Å²) in [6.45, 7) is 6.29. The molecule has 1 aliphatic heterocycles. The van der Waals surface area contributed by atoms with Gasteiger partial charge in [-0.15, -0.1) is 0 Å². The molecule has 0 aromatic carbocycles. The van der Waals surface area contributed by atoms with Gasteiger partial charge in [-0.05, 0) is 46.1 Å². The number of hydrogen-bond acceptors (Lipinski definition) is 2. The fourth-order valence-electron chi connectivity index (χ4n) is 2.44. The van der Waals surface area contributed by atoms with Crippen LogP contribution in [0.15, 0.2) is 0 Å².